The van der Waals surface area contributed by atoms with Gasteiger partial charge in [0.2, 0.25) is 0 Å². The Kier molecular flexibility index (Phi) is 5.00. The largest absolute Gasteiger partial charge is 0.446 e. The molecule has 1 nitrogen and oxygen atoms in total. The van der Waals surface area contributed by atoms with E-state index in [0.717, 1.165) is 5.56 Å². The van der Waals surface area contributed by atoms with Crippen LogP contribution in [0.15, 0.2) is 47.4 Å². The number of anilines is 1. The zero-order chi connectivity index (χ0) is 15.5. The summed E-state index contributed by atoms with van der Waals surface area (Å²) < 4.78 is 50.1. The summed E-state index contributed by atoms with van der Waals surface area (Å²) in [5, 5.41) is 3.08. The zero-order valence-corrected chi connectivity index (χ0v) is 12.1. The first-order valence-electron chi connectivity index (χ1n) is 5.88. The quantitative estimate of drug-likeness (QED) is 0.568. The van der Waals surface area contributed by atoms with Crippen molar-refractivity contribution in [2.45, 2.75) is 16.9 Å². The normalized spacial score (nSPS) is 11.5. The van der Waals surface area contributed by atoms with Crippen LogP contribution in [-0.2, 0) is 6.54 Å². The van der Waals surface area contributed by atoms with Crippen LogP contribution in [-0.4, -0.2) is 5.51 Å². The maximum Gasteiger partial charge on any atom is 0.446 e. The lowest BCUT2D eigenvalue weighted by atomic mass is 10.2. The van der Waals surface area contributed by atoms with Crippen molar-refractivity contribution in [3.8, 4) is 0 Å². The molecular formula is C14H10ClF4NS. The molecule has 2 aromatic rings. The van der Waals surface area contributed by atoms with E-state index in [1.54, 1.807) is 18.2 Å². The van der Waals surface area contributed by atoms with Crippen molar-refractivity contribution in [2.24, 2.45) is 0 Å². The summed E-state index contributed by atoms with van der Waals surface area (Å²) >= 11 is 5.69. The fraction of sp³-hybridized carbons (Fsp3) is 0.143. The lowest BCUT2D eigenvalue weighted by Crippen LogP contribution is -2.02. The van der Waals surface area contributed by atoms with Gasteiger partial charge in [-0.1, -0.05) is 29.8 Å². The molecule has 21 heavy (non-hydrogen) atoms. The van der Waals surface area contributed by atoms with E-state index >= 15 is 0 Å². The molecule has 0 spiro atoms. The molecule has 0 aromatic heterocycles. The molecule has 112 valence electrons. The van der Waals surface area contributed by atoms with Gasteiger partial charge in [0, 0.05) is 11.4 Å². The van der Waals surface area contributed by atoms with E-state index in [2.05, 4.69) is 5.32 Å². The van der Waals surface area contributed by atoms with Crippen LogP contribution in [0.2, 0.25) is 5.02 Å². The number of hydrogen-bond acceptors (Lipinski definition) is 2. The molecule has 7 heteroatoms. The van der Waals surface area contributed by atoms with Crippen LogP contribution < -0.4 is 5.32 Å². The molecular weight excluding hydrogens is 326 g/mol. The fourth-order valence-corrected chi connectivity index (χ4v) is 2.44. The Balaban J connectivity index is 2.01. The number of rotatable bonds is 4. The van der Waals surface area contributed by atoms with E-state index in [1.165, 1.54) is 24.3 Å². The topological polar surface area (TPSA) is 12.0 Å². The molecule has 0 fully saturated rings. The molecule has 0 bridgehead atoms. The van der Waals surface area contributed by atoms with Crippen molar-refractivity contribution in [3.63, 3.8) is 0 Å². The van der Waals surface area contributed by atoms with Crippen LogP contribution in [0.3, 0.4) is 0 Å². The average molecular weight is 336 g/mol. The standard InChI is InChI=1S/C14H10ClF4NS/c15-11-2-1-3-12(16)13(11)20-8-9-4-6-10(7-5-9)21-14(17,18)19/h1-7,20H,8H2. The highest BCUT2D eigenvalue weighted by Gasteiger charge is 2.28. The van der Waals surface area contributed by atoms with Gasteiger partial charge in [0.15, 0.2) is 0 Å². The van der Waals surface area contributed by atoms with Crippen LogP contribution in [0.4, 0.5) is 23.2 Å². The smallest absolute Gasteiger partial charge is 0.377 e. The maximum atomic E-state index is 13.5. The van der Waals surface area contributed by atoms with Crippen molar-refractivity contribution < 1.29 is 17.6 Å². The van der Waals surface area contributed by atoms with Gasteiger partial charge in [0.25, 0.3) is 0 Å². The molecule has 2 aromatic carbocycles. The van der Waals surface area contributed by atoms with Crippen molar-refractivity contribution in [1.29, 1.82) is 0 Å². The molecule has 2 rings (SSSR count). The number of benzene rings is 2. The van der Waals surface area contributed by atoms with E-state index in [4.69, 9.17) is 11.6 Å². The predicted molar refractivity (Wildman–Crippen MR) is 77.1 cm³/mol. The Hall–Kier alpha value is -1.40. The molecule has 0 aliphatic carbocycles. The first kappa shape index (κ1) is 16.0. The second kappa shape index (κ2) is 6.58. The highest BCUT2D eigenvalue weighted by Crippen LogP contribution is 2.36. The Morgan fingerprint density at radius 1 is 1.05 bits per heavy atom. The van der Waals surface area contributed by atoms with Gasteiger partial charge in [0.05, 0.1) is 10.7 Å². The molecule has 0 unspecified atom stereocenters. The lowest BCUT2D eigenvalue weighted by molar-refractivity contribution is -0.0328. The SMILES string of the molecule is Fc1cccc(Cl)c1NCc1ccc(SC(F)(F)F)cc1. The van der Waals surface area contributed by atoms with Crippen LogP contribution in [0.25, 0.3) is 0 Å². The second-order valence-electron chi connectivity index (χ2n) is 4.14. The second-order valence-corrected chi connectivity index (χ2v) is 5.69. The van der Waals surface area contributed by atoms with Crippen molar-refractivity contribution in [1.82, 2.24) is 0 Å². The number of para-hydroxylation sites is 1. The summed E-state index contributed by atoms with van der Waals surface area (Å²) in [5.74, 6) is -0.480. The Morgan fingerprint density at radius 2 is 1.71 bits per heavy atom. The van der Waals surface area contributed by atoms with E-state index in [1.807, 2.05) is 0 Å². The number of hydrogen-bond donors (Lipinski definition) is 1. The minimum Gasteiger partial charge on any atom is -0.377 e. The van der Waals surface area contributed by atoms with Gasteiger partial charge in [0.1, 0.15) is 5.82 Å². The molecule has 0 heterocycles. The van der Waals surface area contributed by atoms with Gasteiger partial charge >= 0.3 is 5.51 Å². The summed E-state index contributed by atoms with van der Waals surface area (Å²) in [6.07, 6.45) is 0. The summed E-state index contributed by atoms with van der Waals surface area (Å²) in [4.78, 5) is 0.107. The zero-order valence-electron chi connectivity index (χ0n) is 10.5. The van der Waals surface area contributed by atoms with Gasteiger partial charge in [-0.25, -0.2) is 4.39 Å². The number of alkyl halides is 3. The minimum absolute atomic E-state index is 0.107. The third-order valence-electron chi connectivity index (χ3n) is 2.59. The van der Waals surface area contributed by atoms with Crippen LogP contribution in [0, 0.1) is 5.82 Å². The molecule has 0 atom stereocenters. The minimum atomic E-state index is -4.31. The van der Waals surface area contributed by atoms with Crippen LogP contribution in [0.1, 0.15) is 5.56 Å². The number of thioether (sulfide) groups is 1. The third-order valence-corrected chi connectivity index (χ3v) is 3.64. The highest BCUT2D eigenvalue weighted by molar-refractivity contribution is 8.00. The van der Waals surface area contributed by atoms with Gasteiger partial charge in [-0.3, -0.25) is 0 Å². The van der Waals surface area contributed by atoms with E-state index in [0.29, 0.717) is 0 Å². The molecule has 0 saturated carbocycles. The molecule has 0 radical (unpaired) electrons. The number of nitrogens with one attached hydrogen (secondary N) is 1. The monoisotopic (exact) mass is 335 g/mol. The predicted octanol–water partition coefficient (Wildman–Crippen LogP) is 5.70. The molecule has 0 saturated heterocycles. The maximum absolute atomic E-state index is 13.5. The summed E-state index contributed by atoms with van der Waals surface area (Å²) in [7, 11) is 0. The summed E-state index contributed by atoms with van der Waals surface area (Å²) in [6, 6.07) is 10.2. The van der Waals surface area contributed by atoms with Crippen molar-refractivity contribution in [2.75, 3.05) is 5.32 Å². The van der Waals surface area contributed by atoms with Gasteiger partial charge in [-0.2, -0.15) is 13.2 Å². The van der Waals surface area contributed by atoms with Crippen molar-refractivity contribution >= 4 is 29.1 Å². The van der Waals surface area contributed by atoms with E-state index < -0.39 is 11.3 Å². The van der Waals surface area contributed by atoms with E-state index in [9.17, 15) is 17.6 Å². The molecule has 0 amide bonds. The molecule has 0 aliphatic rings. The van der Waals surface area contributed by atoms with Crippen molar-refractivity contribution in [3.05, 3.63) is 58.9 Å². The average Bonchev–Trinajstić information content (AvgIpc) is 2.38. The number of halogens is 5. The van der Waals surface area contributed by atoms with Crippen LogP contribution >= 0.6 is 23.4 Å². The van der Waals surface area contributed by atoms with E-state index in [-0.39, 0.29) is 33.9 Å². The van der Waals surface area contributed by atoms with Gasteiger partial charge < -0.3 is 5.32 Å². The van der Waals surface area contributed by atoms with Gasteiger partial charge in [-0.15, -0.1) is 0 Å². The molecule has 1 N–H and O–H groups in total. The lowest BCUT2D eigenvalue weighted by Gasteiger charge is -2.10. The van der Waals surface area contributed by atoms with Crippen LogP contribution in [0.5, 0.6) is 0 Å². The molecule has 0 aliphatic heterocycles. The fourth-order valence-electron chi connectivity index (χ4n) is 1.67. The Labute approximate surface area is 128 Å². The highest BCUT2D eigenvalue weighted by atomic mass is 35.5. The first-order chi connectivity index (χ1) is 9.85. The Morgan fingerprint density at radius 3 is 2.29 bits per heavy atom. The third kappa shape index (κ3) is 4.82. The Bertz CT molecular complexity index is 593. The summed E-state index contributed by atoms with van der Waals surface area (Å²) in [6.45, 7) is 0.262. The summed E-state index contributed by atoms with van der Waals surface area (Å²) in [5.41, 5.74) is -3.41. The first-order valence-corrected chi connectivity index (χ1v) is 7.07. The van der Waals surface area contributed by atoms with Gasteiger partial charge in [-0.05, 0) is 41.6 Å².